The SMILES string of the molecule is Cc1cc(C#N)ccc1CS(=O)(=O)C1CCNCC1. The molecule has 1 aliphatic rings. The Morgan fingerprint density at radius 2 is 2.05 bits per heavy atom. The van der Waals surface area contributed by atoms with E-state index in [0.29, 0.717) is 18.4 Å². The lowest BCUT2D eigenvalue weighted by atomic mass is 10.1. The minimum absolute atomic E-state index is 0.0786. The molecular formula is C14H18N2O2S. The van der Waals surface area contributed by atoms with E-state index in [2.05, 4.69) is 11.4 Å². The fraction of sp³-hybridized carbons (Fsp3) is 0.500. The second-order valence-electron chi connectivity index (χ2n) is 5.01. The first kappa shape index (κ1) is 14.0. The molecule has 5 heteroatoms. The van der Waals surface area contributed by atoms with Crippen LogP contribution in [0.3, 0.4) is 0 Å². The molecule has 1 aromatic rings. The van der Waals surface area contributed by atoms with Crippen molar-refractivity contribution in [1.82, 2.24) is 5.32 Å². The van der Waals surface area contributed by atoms with E-state index in [4.69, 9.17) is 5.26 Å². The Morgan fingerprint density at radius 3 is 2.63 bits per heavy atom. The van der Waals surface area contributed by atoms with E-state index in [1.165, 1.54) is 0 Å². The number of hydrogen-bond donors (Lipinski definition) is 1. The van der Waals surface area contributed by atoms with Crippen LogP contribution in [-0.4, -0.2) is 26.8 Å². The molecular weight excluding hydrogens is 260 g/mol. The van der Waals surface area contributed by atoms with Gasteiger partial charge in [-0.15, -0.1) is 0 Å². The second-order valence-corrected chi connectivity index (χ2v) is 7.29. The van der Waals surface area contributed by atoms with E-state index < -0.39 is 9.84 Å². The lowest BCUT2D eigenvalue weighted by molar-refractivity contribution is 0.496. The van der Waals surface area contributed by atoms with E-state index in [1.54, 1.807) is 18.2 Å². The van der Waals surface area contributed by atoms with Gasteiger partial charge < -0.3 is 5.32 Å². The monoisotopic (exact) mass is 278 g/mol. The predicted octanol–water partition coefficient (Wildman–Crippen LogP) is 1.53. The van der Waals surface area contributed by atoms with Gasteiger partial charge in [0.2, 0.25) is 0 Å². The number of piperidine rings is 1. The van der Waals surface area contributed by atoms with Crippen LogP contribution in [0.4, 0.5) is 0 Å². The minimum atomic E-state index is -3.10. The summed E-state index contributed by atoms with van der Waals surface area (Å²) in [5.41, 5.74) is 2.25. The first-order valence-corrected chi connectivity index (χ1v) is 8.16. The molecule has 1 fully saturated rings. The van der Waals surface area contributed by atoms with Crippen LogP contribution < -0.4 is 5.32 Å². The Bertz CT molecular complexity index is 596. The summed E-state index contributed by atoms with van der Waals surface area (Å²) in [7, 11) is -3.10. The molecule has 1 heterocycles. The van der Waals surface area contributed by atoms with Gasteiger partial charge in [0, 0.05) is 0 Å². The molecule has 1 aromatic carbocycles. The summed E-state index contributed by atoms with van der Waals surface area (Å²) >= 11 is 0. The molecule has 0 unspecified atom stereocenters. The van der Waals surface area contributed by atoms with Crippen LogP contribution in [0.5, 0.6) is 0 Å². The van der Waals surface area contributed by atoms with Crippen molar-refractivity contribution < 1.29 is 8.42 Å². The van der Waals surface area contributed by atoms with Crippen LogP contribution in [0.15, 0.2) is 18.2 Å². The van der Waals surface area contributed by atoms with Gasteiger partial charge in [-0.3, -0.25) is 0 Å². The predicted molar refractivity (Wildman–Crippen MR) is 74.4 cm³/mol. The molecule has 0 aliphatic carbocycles. The lowest BCUT2D eigenvalue weighted by Gasteiger charge is -2.23. The fourth-order valence-electron chi connectivity index (χ4n) is 2.42. The first-order chi connectivity index (χ1) is 9.03. The summed E-state index contributed by atoms with van der Waals surface area (Å²) < 4.78 is 24.7. The summed E-state index contributed by atoms with van der Waals surface area (Å²) in [5.74, 6) is 0.0786. The number of nitrogens with one attached hydrogen (secondary N) is 1. The van der Waals surface area contributed by atoms with Gasteiger partial charge >= 0.3 is 0 Å². The molecule has 0 bridgehead atoms. The highest BCUT2D eigenvalue weighted by atomic mass is 32.2. The zero-order chi connectivity index (χ0) is 13.9. The van der Waals surface area contributed by atoms with Crippen molar-refractivity contribution in [3.63, 3.8) is 0 Å². The molecule has 4 nitrogen and oxygen atoms in total. The van der Waals surface area contributed by atoms with Gasteiger partial charge in [-0.1, -0.05) is 6.07 Å². The molecule has 0 radical (unpaired) electrons. The summed E-state index contributed by atoms with van der Waals surface area (Å²) in [5, 5.41) is 11.8. The average Bonchev–Trinajstić information content (AvgIpc) is 2.42. The van der Waals surface area contributed by atoms with Crippen LogP contribution in [0, 0.1) is 18.3 Å². The van der Waals surface area contributed by atoms with E-state index in [1.807, 2.05) is 6.92 Å². The Labute approximate surface area is 114 Å². The van der Waals surface area contributed by atoms with Crippen molar-refractivity contribution in [2.75, 3.05) is 13.1 Å². The summed E-state index contributed by atoms with van der Waals surface area (Å²) in [6.07, 6.45) is 1.38. The normalized spacial score (nSPS) is 17.1. The van der Waals surface area contributed by atoms with Crippen LogP contribution in [-0.2, 0) is 15.6 Å². The van der Waals surface area contributed by atoms with Crippen LogP contribution in [0.1, 0.15) is 29.5 Å². The van der Waals surface area contributed by atoms with Gasteiger partial charge in [0.1, 0.15) is 0 Å². The summed E-state index contributed by atoms with van der Waals surface area (Å²) in [4.78, 5) is 0. The molecule has 0 aromatic heterocycles. The van der Waals surface area contributed by atoms with Crippen molar-refractivity contribution >= 4 is 9.84 Å². The zero-order valence-corrected chi connectivity index (χ0v) is 11.8. The molecule has 102 valence electrons. The van der Waals surface area contributed by atoms with Crippen LogP contribution in [0.2, 0.25) is 0 Å². The molecule has 0 atom stereocenters. The van der Waals surface area contributed by atoms with Crippen LogP contribution in [0.25, 0.3) is 0 Å². The molecule has 1 saturated heterocycles. The van der Waals surface area contributed by atoms with Crippen molar-refractivity contribution in [3.8, 4) is 6.07 Å². The smallest absolute Gasteiger partial charge is 0.157 e. The van der Waals surface area contributed by atoms with Crippen molar-refractivity contribution in [3.05, 3.63) is 34.9 Å². The molecule has 1 N–H and O–H groups in total. The zero-order valence-electron chi connectivity index (χ0n) is 11.0. The number of hydrogen-bond acceptors (Lipinski definition) is 4. The standard InChI is InChI=1S/C14H18N2O2S/c1-11-8-12(9-15)2-3-13(11)10-19(17,18)14-4-6-16-7-5-14/h2-3,8,14,16H,4-7,10H2,1H3. The highest BCUT2D eigenvalue weighted by molar-refractivity contribution is 7.91. The van der Waals surface area contributed by atoms with Crippen molar-refractivity contribution in [2.24, 2.45) is 0 Å². The largest absolute Gasteiger partial charge is 0.317 e. The molecule has 0 spiro atoms. The van der Waals surface area contributed by atoms with Gasteiger partial charge in [0.15, 0.2) is 9.84 Å². The quantitative estimate of drug-likeness (QED) is 0.910. The third-order valence-corrected chi connectivity index (χ3v) is 5.82. The van der Waals surface area contributed by atoms with E-state index >= 15 is 0 Å². The molecule has 0 saturated carbocycles. The second kappa shape index (κ2) is 5.72. The van der Waals surface area contributed by atoms with Gasteiger partial charge in [0.25, 0.3) is 0 Å². The molecule has 2 rings (SSSR count). The Hall–Kier alpha value is -1.38. The van der Waals surface area contributed by atoms with E-state index in [0.717, 1.165) is 24.2 Å². The number of nitrogens with zero attached hydrogens (tertiary/aromatic N) is 1. The number of sulfone groups is 1. The van der Waals surface area contributed by atoms with E-state index in [9.17, 15) is 8.42 Å². The van der Waals surface area contributed by atoms with E-state index in [-0.39, 0.29) is 11.0 Å². The topological polar surface area (TPSA) is 70.0 Å². The van der Waals surface area contributed by atoms with Gasteiger partial charge in [-0.2, -0.15) is 5.26 Å². The highest BCUT2D eigenvalue weighted by Crippen LogP contribution is 2.21. The lowest BCUT2D eigenvalue weighted by Crippen LogP contribution is -2.36. The van der Waals surface area contributed by atoms with Gasteiger partial charge in [-0.25, -0.2) is 8.42 Å². The van der Waals surface area contributed by atoms with Gasteiger partial charge in [0.05, 0.1) is 22.6 Å². The minimum Gasteiger partial charge on any atom is -0.317 e. The van der Waals surface area contributed by atoms with Crippen molar-refractivity contribution in [2.45, 2.75) is 30.8 Å². The molecule has 19 heavy (non-hydrogen) atoms. The maximum atomic E-state index is 12.4. The Kier molecular flexibility index (Phi) is 4.23. The number of rotatable bonds is 3. The third-order valence-electron chi connectivity index (χ3n) is 3.62. The number of aryl methyl sites for hydroxylation is 1. The maximum absolute atomic E-state index is 12.4. The fourth-order valence-corrected chi connectivity index (χ4v) is 4.36. The van der Waals surface area contributed by atoms with Crippen LogP contribution >= 0.6 is 0 Å². The first-order valence-electron chi connectivity index (χ1n) is 6.45. The molecule has 1 aliphatic heterocycles. The summed E-state index contributed by atoms with van der Waals surface area (Å²) in [6.45, 7) is 3.40. The highest BCUT2D eigenvalue weighted by Gasteiger charge is 2.27. The Morgan fingerprint density at radius 1 is 1.37 bits per heavy atom. The van der Waals surface area contributed by atoms with Gasteiger partial charge in [-0.05, 0) is 56.1 Å². The van der Waals surface area contributed by atoms with Crippen molar-refractivity contribution in [1.29, 1.82) is 5.26 Å². The number of nitriles is 1. The molecule has 0 amide bonds. The maximum Gasteiger partial charge on any atom is 0.157 e. The third kappa shape index (κ3) is 3.34. The Balaban J connectivity index is 2.18. The summed E-state index contributed by atoms with van der Waals surface area (Å²) in [6, 6.07) is 7.24. The average molecular weight is 278 g/mol. The number of benzene rings is 1.